The van der Waals surface area contributed by atoms with Gasteiger partial charge < -0.3 is 18.9 Å². The standard InChI is InChI=1S/C54H92NO8P/c1-6-8-10-12-13-14-15-16-17-18-19-20-21-22-23-24-25-26-27-28-29-30-31-32-33-34-35-36-37-38-39-40-41-43-45-47-54(57)63-52(50-60-53(56)46-44-42-11-9-7-2)51-62-64(58,59)61-49-48-55(3,4)5/h8,10,13-14,16-17,19-20,22-23,25-26,28-29,31-32,52H,6-7,9,11-12,15,18,21,24,27,30,33-51H2,1-5H3/p+1/b10-8-,14-13-,17-16-,20-19-,23-22-,26-25-,29-28-,32-31-. The van der Waals surface area contributed by atoms with Gasteiger partial charge in [0.2, 0.25) is 0 Å². The first kappa shape index (κ1) is 60.9. The zero-order valence-corrected chi connectivity index (χ0v) is 42.1. The summed E-state index contributed by atoms with van der Waals surface area (Å²) in [6, 6.07) is 0. The molecule has 366 valence electrons. The number of carbonyl (C=O) groups is 2. The van der Waals surface area contributed by atoms with E-state index < -0.39 is 26.5 Å². The van der Waals surface area contributed by atoms with Crippen molar-refractivity contribution in [2.24, 2.45) is 0 Å². The monoisotopic (exact) mass is 915 g/mol. The van der Waals surface area contributed by atoms with Crippen LogP contribution in [0.1, 0.15) is 181 Å². The van der Waals surface area contributed by atoms with Gasteiger partial charge in [-0.05, 0) is 77.0 Å². The van der Waals surface area contributed by atoms with Gasteiger partial charge in [-0.1, -0.05) is 188 Å². The summed E-state index contributed by atoms with van der Waals surface area (Å²) in [5.41, 5.74) is 0. The first-order valence-corrected chi connectivity index (χ1v) is 26.5. The summed E-state index contributed by atoms with van der Waals surface area (Å²) in [4.78, 5) is 35.1. The third kappa shape index (κ3) is 48.4. The molecule has 0 aromatic carbocycles. The SMILES string of the molecule is CC/C=C\C/C=C\C/C=C\C/C=C\C/C=C\C/C=C\C/C=C\C/C=C\CCCCCCCCCCCCC(=O)OC(COC(=O)CCCCCCC)COP(=O)(O)OCC[N+](C)(C)C. The number of phosphoric ester groups is 1. The van der Waals surface area contributed by atoms with Gasteiger partial charge in [-0.25, -0.2) is 4.57 Å². The van der Waals surface area contributed by atoms with Gasteiger partial charge in [0.1, 0.15) is 19.8 Å². The van der Waals surface area contributed by atoms with Crippen molar-refractivity contribution in [3.05, 3.63) is 97.2 Å². The lowest BCUT2D eigenvalue weighted by atomic mass is 10.0. The van der Waals surface area contributed by atoms with E-state index in [2.05, 4.69) is 111 Å². The Morgan fingerprint density at radius 1 is 0.500 bits per heavy atom. The number of quaternary nitrogens is 1. The fraction of sp³-hybridized carbons (Fsp3) is 0.667. The van der Waals surface area contributed by atoms with E-state index in [4.69, 9.17) is 18.5 Å². The molecule has 0 radical (unpaired) electrons. The van der Waals surface area contributed by atoms with E-state index >= 15 is 0 Å². The zero-order chi connectivity index (χ0) is 47.1. The second-order valence-corrected chi connectivity index (χ2v) is 18.9. The molecule has 1 N–H and O–H groups in total. The summed E-state index contributed by atoms with van der Waals surface area (Å²) in [5, 5.41) is 0. The van der Waals surface area contributed by atoms with Crippen LogP contribution in [-0.2, 0) is 32.7 Å². The summed E-state index contributed by atoms with van der Waals surface area (Å²) in [6.07, 6.45) is 61.0. The zero-order valence-electron chi connectivity index (χ0n) is 41.2. The number of hydrogen-bond donors (Lipinski definition) is 1. The van der Waals surface area contributed by atoms with Gasteiger partial charge in [0.15, 0.2) is 6.10 Å². The summed E-state index contributed by atoms with van der Waals surface area (Å²) in [5.74, 6) is -0.824. The molecular formula is C54H93NO8P+. The fourth-order valence-electron chi connectivity index (χ4n) is 6.26. The maximum atomic E-state index is 12.7. The van der Waals surface area contributed by atoms with Crippen molar-refractivity contribution in [2.45, 2.75) is 187 Å². The van der Waals surface area contributed by atoms with Crippen LogP contribution in [0.5, 0.6) is 0 Å². The predicted molar refractivity (Wildman–Crippen MR) is 270 cm³/mol. The minimum absolute atomic E-state index is 0.0271. The van der Waals surface area contributed by atoms with Crippen molar-refractivity contribution >= 4 is 19.8 Å². The Kier molecular flexibility index (Phi) is 42.9. The molecule has 0 amide bonds. The Morgan fingerprint density at radius 2 is 0.891 bits per heavy atom. The maximum absolute atomic E-state index is 12.7. The van der Waals surface area contributed by atoms with Crippen LogP contribution in [0.3, 0.4) is 0 Å². The Morgan fingerprint density at radius 3 is 1.33 bits per heavy atom. The van der Waals surface area contributed by atoms with Gasteiger partial charge in [0, 0.05) is 12.8 Å². The lowest BCUT2D eigenvalue weighted by molar-refractivity contribution is -0.870. The van der Waals surface area contributed by atoms with E-state index in [1.807, 2.05) is 21.1 Å². The van der Waals surface area contributed by atoms with Crippen LogP contribution < -0.4 is 0 Å². The number of carbonyl (C=O) groups excluding carboxylic acids is 2. The molecule has 0 aliphatic rings. The second-order valence-electron chi connectivity index (χ2n) is 17.5. The quantitative estimate of drug-likeness (QED) is 0.0212. The van der Waals surface area contributed by atoms with Gasteiger partial charge in [-0.3, -0.25) is 18.6 Å². The van der Waals surface area contributed by atoms with Crippen LogP contribution in [0.4, 0.5) is 0 Å². The number of rotatable bonds is 44. The van der Waals surface area contributed by atoms with Crippen molar-refractivity contribution in [2.75, 3.05) is 47.5 Å². The van der Waals surface area contributed by atoms with Crippen molar-refractivity contribution < 1.29 is 42.1 Å². The Balaban J connectivity index is 3.99. The first-order chi connectivity index (χ1) is 31.0. The molecule has 0 saturated heterocycles. The molecule has 64 heavy (non-hydrogen) atoms. The van der Waals surface area contributed by atoms with Gasteiger partial charge in [0.25, 0.3) is 0 Å². The van der Waals surface area contributed by atoms with E-state index in [-0.39, 0.29) is 32.0 Å². The Hall–Kier alpha value is -3.07. The summed E-state index contributed by atoms with van der Waals surface area (Å²) in [7, 11) is 1.46. The minimum Gasteiger partial charge on any atom is -0.462 e. The van der Waals surface area contributed by atoms with Crippen LogP contribution in [0.15, 0.2) is 97.2 Å². The average molecular weight is 915 g/mol. The number of phosphoric acid groups is 1. The number of allylic oxidation sites excluding steroid dienone is 16. The van der Waals surface area contributed by atoms with Gasteiger partial charge >= 0.3 is 19.8 Å². The molecule has 9 nitrogen and oxygen atoms in total. The third-order valence-electron chi connectivity index (χ3n) is 10.1. The summed E-state index contributed by atoms with van der Waals surface area (Å²) in [6.45, 7) is 4.19. The molecule has 0 heterocycles. The highest BCUT2D eigenvalue weighted by molar-refractivity contribution is 7.47. The lowest BCUT2D eigenvalue weighted by Gasteiger charge is -2.24. The van der Waals surface area contributed by atoms with E-state index in [9.17, 15) is 19.0 Å². The lowest BCUT2D eigenvalue weighted by Crippen LogP contribution is -2.37. The van der Waals surface area contributed by atoms with Crippen molar-refractivity contribution in [1.29, 1.82) is 0 Å². The van der Waals surface area contributed by atoms with Crippen LogP contribution in [0.25, 0.3) is 0 Å². The molecule has 2 atom stereocenters. The molecule has 0 saturated carbocycles. The van der Waals surface area contributed by atoms with Gasteiger partial charge in [-0.2, -0.15) is 0 Å². The molecule has 0 aliphatic carbocycles. The van der Waals surface area contributed by atoms with Crippen molar-refractivity contribution in [3.8, 4) is 0 Å². The molecule has 0 spiro atoms. The molecule has 0 aromatic rings. The topological polar surface area (TPSA) is 108 Å². The van der Waals surface area contributed by atoms with Crippen LogP contribution in [0, 0.1) is 0 Å². The van der Waals surface area contributed by atoms with E-state index in [1.165, 1.54) is 38.5 Å². The maximum Gasteiger partial charge on any atom is 0.472 e. The second kappa shape index (κ2) is 45.1. The van der Waals surface area contributed by atoms with E-state index in [0.717, 1.165) is 109 Å². The predicted octanol–water partition coefficient (Wildman–Crippen LogP) is 14.9. The molecular weight excluding hydrogens is 822 g/mol. The third-order valence-corrected chi connectivity index (χ3v) is 11.1. The smallest absolute Gasteiger partial charge is 0.462 e. The summed E-state index contributed by atoms with van der Waals surface area (Å²) < 4.78 is 34.1. The Labute approximate surface area is 392 Å². The van der Waals surface area contributed by atoms with Crippen LogP contribution in [0.2, 0.25) is 0 Å². The molecule has 0 bridgehead atoms. The molecule has 0 fully saturated rings. The highest BCUT2D eigenvalue weighted by atomic mass is 31.2. The minimum atomic E-state index is -4.37. The van der Waals surface area contributed by atoms with Gasteiger partial charge in [-0.15, -0.1) is 0 Å². The molecule has 0 rings (SSSR count). The first-order valence-electron chi connectivity index (χ1n) is 25.0. The Bertz CT molecular complexity index is 1400. The van der Waals surface area contributed by atoms with Crippen LogP contribution in [-0.4, -0.2) is 74.9 Å². The number of hydrogen-bond acceptors (Lipinski definition) is 7. The number of likely N-dealkylation sites (N-methyl/N-ethyl adjacent to an activating group) is 1. The highest BCUT2D eigenvalue weighted by Gasteiger charge is 2.27. The number of unbranched alkanes of at least 4 members (excludes halogenated alkanes) is 14. The fourth-order valence-corrected chi connectivity index (χ4v) is 7.01. The van der Waals surface area contributed by atoms with E-state index in [0.29, 0.717) is 17.4 Å². The molecule has 0 aromatic heterocycles. The normalized spacial score (nSPS) is 14.3. The molecule has 0 aliphatic heterocycles. The van der Waals surface area contributed by atoms with Crippen molar-refractivity contribution in [3.63, 3.8) is 0 Å². The van der Waals surface area contributed by atoms with Gasteiger partial charge in [0.05, 0.1) is 27.7 Å². The average Bonchev–Trinajstić information content (AvgIpc) is 3.25. The number of ether oxygens (including phenoxy) is 2. The van der Waals surface area contributed by atoms with Crippen molar-refractivity contribution in [1.82, 2.24) is 0 Å². The van der Waals surface area contributed by atoms with E-state index in [1.54, 1.807) is 0 Å². The largest absolute Gasteiger partial charge is 0.472 e. The number of nitrogens with zero attached hydrogens (tertiary/aromatic N) is 1. The number of esters is 2. The van der Waals surface area contributed by atoms with Crippen LogP contribution >= 0.6 is 7.82 Å². The highest BCUT2D eigenvalue weighted by Crippen LogP contribution is 2.43. The summed E-state index contributed by atoms with van der Waals surface area (Å²) >= 11 is 0. The molecule has 2 unspecified atom stereocenters. The molecule has 10 heteroatoms.